The molecular weight excluding hydrogens is 128 g/mol. The Morgan fingerprint density at radius 1 is 1.86 bits per heavy atom. The maximum atomic E-state index is 10.3. The highest BCUT2D eigenvalue weighted by Gasteiger charge is 2.01. The molecule has 4 heteroatoms. The average molecular weight is 137 g/mol. The lowest BCUT2D eigenvalue weighted by molar-refractivity contribution is -0.116. The molecule has 2 nitrogen and oxygen atoms in total. The van der Waals surface area contributed by atoms with E-state index in [4.69, 9.17) is 5.73 Å². The topological polar surface area (TPSA) is 43.1 Å². The Balaban J connectivity index is 3.35. The second-order valence-corrected chi connectivity index (χ2v) is 2.32. The highest BCUT2D eigenvalue weighted by Crippen LogP contribution is 1.94. The van der Waals surface area contributed by atoms with E-state index in [1.54, 1.807) is 0 Å². The van der Waals surface area contributed by atoms with Gasteiger partial charge in [0.2, 0.25) is 0 Å². The van der Waals surface area contributed by atoms with E-state index in [-0.39, 0.29) is 11.6 Å². The van der Waals surface area contributed by atoms with Crippen molar-refractivity contribution in [3.8, 4) is 0 Å². The Morgan fingerprint density at radius 2 is 2.29 bits per heavy atom. The maximum absolute atomic E-state index is 10.3. The van der Waals surface area contributed by atoms with Gasteiger partial charge in [0, 0.05) is 6.16 Å². The summed E-state index contributed by atoms with van der Waals surface area (Å²) in [4.78, 5) is 10.3. The Hall–Kier alpha value is 0.490. The van der Waals surface area contributed by atoms with Crippen LogP contribution in [0.5, 0.6) is 0 Å². The molecule has 0 spiro atoms. The molecule has 42 valence electrons. The van der Waals surface area contributed by atoms with Gasteiger partial charge in [0.1, 0.15) is 0 Å². The van der Waals surface area contributed by atoms with Crippen molar-refractivity contribution in [1.82, 2.24) is 0 Å². The predicted octanol–water partition coefficient (Wildman–Crippen LogP) is -0.410. The lowest BCUT2D eigenvalue weighted by Crippen LogP contribution is -2.23. The zero-order valence-electron chi connectivity index (χ0n) is 3.92. The molecule has 0 aliphatic heterocycles. The normalized spacial score (nSPS) is 13.6. The van der Waals surface area contributed by atoms with Crippen molar-refractivity contribution in [2.24, 2.45) is 5.73 Å². The molecule has 0 aromatic carbocycles. The van der Waals surface area contributed by atoms with E-state index in [9.17, 15) is 4.79 Å². The van der Waals surface area contributed by atoms with Gasteiger partial charge in [-0.2, -0.15) is 0 Å². The molecule has 0 aliphatic carbocycles. The molecule has 0 radical (unpaired) electrons. The molecule has 0 amide bonds. The molecule has 0 saturated carbocycles. The molecule has 0 heterocycles. The first-order valence-electron chi connectivity index (χ1n) is 1.92. The van der Waals surface area contributed by atoms with Crippen LogP contribution in [0.4, 0.5) is 0 Å². The second kappa shape index (κ2) is 3.49. The molecule has 2 N–H and O–H groups in total. The number of ketones is 1. The highest BCUT2D eigenvalue weighted by molar-refractivity contribution is 7.21. The zero-order chi connectivity index (χ0) is 5.86. The summed E-state index contributed by atoms with van der Waals surface area (Å²) in [6.45, 7) is 0. The molecular formula is C3H9NOP2. The zero-order valence-corrected chi connectivity index (χ0v) is 6.23. The molecule has 0 aromatic rings. The summed E-state index contributed by atoms with van der Waals surface area (Å²) in [6.07, 6.45) is 0.449. The van der Waals surface area contributed by atoms with Crippen LogP contribution in [0.3, 0.4) is 0 Å². The third-order valence-corrected chi connectivity index (χ3v) is 1.35. The van der Waals surface area contributed by atoms with E-state index in [0.29, 0.717) is 6.16 Å². The van der Waals surface area contributed by atoms with Crippen molar-refractivity contribution >= 4 is 24.3 Å². The van der Waals surface area contributed by atoms with Crippen molar-refractivity contribution in [3.05, 3.63) is 0 Å². The molecule has 0 fully saturated rings. The van der Waals surface area contributed by atoms with Crippen LogP contribution < -0.4 is 5.73 Å². The first-order chi connectivity index (χ1) is 3.18. The SMILES string of the molecule is NC(P)C(=O)CP. The summed E-state index contributed by atoms with van der Waals surface area (Å²) < 4.78 is 0. The van der Waals surface area contributed by atoms with Crippen LogP contribution in [0.2, 0.25) is 0 Å². The predicted molar refractivity (Wildman–Crippen MR) is 37.3 cm³/mol. The minimum Gasteiger partial charge on any atom is -0.318 e. The number of carbonyl (C=O) groups excluding carboxylic acids is 1. The summed E-state index contributed by atoms with van der Waals surface area (Å²) in [5.41, 5.74) is 5.15. The quantitative estimate of drug-likeness (QED) is 0.526. The first-order valence-corrected chi connectivity index (χ1v) is 3.40. The molecule has 3 atom stereocenters. The van der Waals surface area contributed by atoms with Crippen LogP contribution in [0, 0.1) is 0 Å². The summed E-state index contributed by atoms with van der Waals surface area (Å²) in [7, 11) is 4.55. The minimum absolute atomic E-state index is 0.0509. The molecule has 0 aliphatic rings. The number of carbonyl (C=O) groups is 1. The lowest BCUT2D eigenvalue weighted by atomic mass is 10.4. The fraction of sp³-hybridized carbons (Fsp3) is 0.667. The standard InChI is InChI=1S/C3H9NOP2/c4-3(7)2(5)1-6/h3H,1,4,6-7H2. The second-order valence-electron chi connectivity index (χ2n) is 1.20. The van der Waals surface area contributed by atoms with Gasteiger partial charge in [-0.05, 0) is 0 Å². The van der Waals surface area contributed by atoms with Crippen LogP contribution in [-0.2, 0) is 4.79 Å². The Labute approximate surface area is 47.6 Å². The van der Waals surface area contributed by atoms with Gasteiger partial charge in [0.05, 0.1) is 5.78 Å². The fourth-order valence-electron chi connectivity index (χ4n) is 0.136. The molecule has 7 heavy (non-hydrogen) atoms. The third-order valence-electron chi connectivity index (χ3n) is 0.573. The number of rotatable bonds is 2. The van der Waals surface area contributed by atoms with Crippen molar-refractivity contribution in [1.29, 1.82) is 0 Å². The summed E-state index contributed by atoms with van der Waals surface area (Å²) in [5, 5.41) is 0. The van der Waals surface area contributed by atoms with Gasteiger partial charge >= 0.3 is 0 Å². The van der Waals surface area contributed by atoms with Crippen molar-refractivity contribution in [3.63, 3.8) is 0 Å². The van der Waals surface area contributed by atoms with E-state index < -0.39 is 0 Å². The lowest BCUT2D eigenvalue weighted by Gasteiger charge is -1.96. The molecule has 0 bridgehead atoms. The van der Waals surface area contributed by atoms with Crippen LogP contribution in [0.25, 0.3) is 0 Å². The number of hydrogen-bond donors (Lipinski definition) is 1. The van der Waals surface area contributed by atoms with E-state index in [2.05, 4.69) is 18.5 Å². The van der Waals surface area contributed by atoms with Gasteiger partial charge in [-0.3, -0.25) is 4.79 Å². The summed E-state index contributed by atoms with van der Waals surface area (Å²) >= 11 is 0. The van der Waals surface area contributed by atoms with Crippen molar-refractivity contribution in [2.75, 3.05) is 6.16 Å². The van der Waals surface area contributed by atoms with E-state index in [0.717, 1.165) is 0 Å². The highest BCUT2D eigenvalue weighted by atomic mass is 31.0. The molecule has 0 rings (SSSR count). The van der Waals surface area contributed by atoms with Crippen LogP contribution >= 0.6 is 18.5 Å². The van der Waals surface area contributed by atoms with Gasteiger partial charge in [-0.25, -0.2) is 0 Å². The molecule has 0 saturated heterocycles. The first kappa shape index (κ1) is 7.49. The van der Waals surface area contributed by atoms with Crippen molar-refractivity contribution < 1.29 is 4.79 Å². The summed E-state index contributed by atoms with van der Waals surface area (Å²) in [5.74, 6) is -0.326. The van der Waals surface area contributed by atoms with Gasteiger partial charge < -0.3 is 5.73 Å². The number of hydrogen-bond acceptors (Lipinski definition) is 2. The van der Waals surface area contributed by atoms with Crippen LogP contribution in [-0.4, -0.2) is 17.7 Å². The van der Waals surface area contributed by atoms with E-state index >= 15 is 0 Å². The van der Waals surface area contributed by atoms with E-state index in [1.165, 1.54) is 0 Å². The Kier molecular flexibility index (Phi) is 3.73. The third kappa shape index (κ3) is 3.11. The van der Waals surface area contributed by atoms with Gasteiger partial charge in [-0.15, -0.1) is 18.5 Å². The van der Waals surface area contributed by atoms with Gasteiger partial charge in [0.25, 0.3) is 0 Å². The Bertz CT molecular complexity index is 73.3. The minimum atomic E-state index is -0.377. The van der Waals surface area contributed by atoms with E-state index in [1.807, 2.05) is 0 Å². The fourth-order valence-corrected chi connectivity index (χ4v) is 0.816. The van der Waals surface area contributed by atoms with Gasteiger partial charge in [0.15, 0.2) is 5.78 Å². The molecule has 3 unspecified atom stereocenters. The van der Waals surface area contributed by atoms with Gasteiger partial charge in [-0.1, -0.05) is 0 Å². The maximum Gasteiger partial charge on any atom is 0.157 e. The number of nitrogens with two attached hydrogens (primary N) is 1. The van der Waals surface area contributed by atoms with Crippen LogP contribution in [0.1, 0.15) is 0 Å². The largest absolute Gasteiger partial charge is 0.318 e. The monoisotopic (exact) mass is 137 g/mol. The van der Waals surface area contributed by atoms with Crippen LogP contribution in [0.15, 0.2) is 0 Å². The smallest absolute Gasteiger partial charge is 0.157 e. The molecule has 0 aromatic heterocycles. The number of Topliss-reactive ketones (excluding diaryl/α,β-unsaturated/α-hetero) is 1. The summed E-state index contributed by atoms with van der Waals surface area (Å²) in [6, 6.07) is 0. The average Bonchev–Trinajstić information content (AvgIpc) is 1.65. The van der Waals surface area contributed by atoms with Crippen molar-refractivity contribution in [2.45, 2.75) is 5.78 Å². The Morgan fingerprint density at radius 3 is 2.29 bits per heavy atom.